The molecule has 9 rings (SSSR count). The minimum atomic E-state index is -0.633. The summed E-state index contributed by atoms with van der Waals surface area (Å²) in [5, 5.41) is 9.78. The number of esters is 14. The fourth-order valence-corrected chi connectivity index (χ4v) is 15.7. The molecule has 34 heteroatoms. The second-order valence-corrected chi connectivity index (χ2v) is 35.4. The van der Waals surface area contributed by atoms with E-state index in [0.29, 0.717) is 187 Å². The maximum Gasteiger partial charge on any atom is 0.343 e. The second kappa shape index (κ2) is 54.9. The van der Waals surface area contributed by atoms with E-state index in [1.54, 1.807) is 163 Å². The van der Waals surface area contributed by atoms with E-state index in [1.807, 2.05) is 6.07 Å². The van der Waals surface area contributed by atoms with E-state index in [2.05, 4.69) is 31.2 Å². The van der Waals surface area contributed by atoms with Gasteiger partial charge < -0.3 is 75.8 Å². The Balaban J connectivity index is 0.000000421. The van der Waals surface area contributed by atoms with Crippen LogP contribution in [-0.2, 0) is 108 Å². The molecule has 3 aliphatic rings. The van der Waals surface area contributed by atoms with Gasteiger partial charge in [0.05, 0.1) is 153 Å². The van der Waals surface area contributed by atoms with Crippen molar-refractivity contribution in [2.24, 2.45) is 34.5 Å². The molecule has 6 aromatic carbocycles. The number of fused-ring (bicyclic) bond motifs is 1. The van der Waals surface area contributed by atoms with Gasteiger partial charge in [0.1, 0.15) is 46.0 Å². The van der Waals surface area contributed by atoms with E-state index < -0.39 is 118 Å². The number of allylic oxidation sites excluding steroid dienone is 1. The summed E-state index contributed by atoms with van der Waals surface area (Å²) < 4.78 is 87.1. The summed E-state index contributed by atoms with van der Waals surface area (Å²) in [5.41, 5.74) is 1.93. The van der Waals surface area contributed by atoms with Gasteiger partial charge in [0.15, 0.2) is 0 Å². The van der Waals surface area contributed by atoms with Crippen LogP contribution in [0.4, 0.5) is 0 Å². The van der Waals surface area contributed by atoms with Gasteiger partial charge in [-0.1, -0.05) is 102 Å². The van der Waals surface area contributed by atoms with Crippen molar-refractivity contribution in [3.8, 4) is 52.1 Å². The number of aryl methyl sites for hydroxylation is 2. The van der Waals surface area contributed by atoms with E-state index in [4.69, 9.17) is 82.4 Å². The zero-order chi connectivity index (χ0) is 98.7. The van der Waals surface area contributed by atoms with Crippen molar-refractivity contribution >= 4 is 107 Å². The first-order valence-electron chi connectivity index (χ1n) is 44.1. The second-order valence-electron chi connectivity index (χ2n) is 33.1. The van der Waals surface area contributed by atoms with Crippen LogP contribution in [-0.4, -0.2) is 150 Å². The maximum atomic E-state index is 13.8. The van der Waals surface area contributed by atoms with Crippen LogP contribution in [0.1, 0.15) is 173 Å². The molecule has 0 N–H and O–H groups in total. The summed E-state index contributed by atoms with van der Waals surface area (Å²) in [7, 11) is 0. The van der Waals surface area contributed by atoms with Gasteiger partial charge in [-0.2, -0.15) is 0 Å². The zero-order valence-electron chi connectivity index (χ0n) is 76.8. The number of unbranched alkanes of at least 4 members (excludes halogenated alkanes) is 2. The summed E-state index contributed by atoms with van der Waals surface area (Å²) in [4.78, 5) is 177. The Kier molecular flexibility index (Phi) is 43.3. The van der Waals surface area contributed by atoms with Crippen LogP contribution in [0.3, 0.4) is 0 Å². The van der Waals surface area contributed by atoms with E-state index >= 15 is 0 Å². The predicted molar refractivity (Wildman–Crippen MR) is 494 cm³/mol. The number of thioether (sulfide) groups is 2. The molecule has 2 fully saturated rings. The molecule has 2 saturated carbocycles. The lowest BCUT2D eigenvalue weighted by molar-refractivity contribution is -0.154. The van der Waals surface area contributed by atoms with Crippen molar-refractivity contribution in [1.29, 1.82) is 5.26 Å². The normalized spacial score (nSPS) is 15.0. The smallest absolute Gasteiger partial charge is 0.343 e. The third-order valence-corrected chi connectivity index (χ3v) is 23.6. The monoisotopic (exact) mass is 1910 g/mol. The van der Waals surface area contributed by atoms with Crippen LogP contribution in [0.25, 0.3) is 4.85 Å². The summed E-state index contributed by atoms with van der Waals surface area (Å²) in [6.07, 6.45) is 9.87. The number of hydrogen-bond acceptors (Lipinski definition) is 33. The highest BCUT2D eigenvalue weighted by atomic mass is 32.2. The van der Waals surface area contributed by atoms with Crippen LogP contribution in [0.5, 0.6) is 46.0 Å². The maximum absolute atomic E-state index is 13.8. The third-order valence-electron chi connectivity index (χ3n) is 21.0. The molecule has 6 aromatic rings. The summed E-state index contributed by atoms with van der Waals surface area (Å²) in [6, 6.07) is 34.8. The highest BCUT2D eigenvalue weighted by Gasteiger charge is 2.38. The van der Waals surface area contributed by atoms with Crippen molar-refractivity contribution in [2.75, 3.05) is 66.1 Å². The van der Waals surface area contributed by atoms with E-state index in [0.717, 1.165) is 59.0 Å². The number of hydrogen-bond donors (Lipinski definition) is 0. The van der Waals surface area contributed by atoms with Gasteiger partial charge in [-0.3, -0.25) is 38.4 Å². The molecule has 136 heavy (non-hydrogen) atoms. The van der Waals surface area contributed by atoms with Gasteiger partial charge in [0.2, 0.25) is 0 Å². The Labute approximate surface area is 797 Å². The molecule has 0 saturated heterocycles. The predicted octanol–water partition coefficient (Wildman–Crippen LogP) is 17.0. The van der Waals surface area contributed by atoms with Crippen molar-refractivity contribution < 1.29 is 143 Å². The molecule has 0 spiro atoms. The van der Waals surface area contributed by atoms with Gasteiger partial charge >= 0.3 is 83.6 Å². The Hall–Kier alpha value is -14.1. The molecule has 0 unspecified atom stereocenters. The highest BCUT2D eigenvalue weighted by molar-refractivity contribution is 8.24. The lowest BCUT2D eigenvalue weighted by atomic mass is 9.82. The lowest BCUT2D eigenvalue weighted by Gasteiger charge is -2.27. The van der Waals surface area contributed by atoms with Crippen LogP contribution in [0.2, 0.25) is 0 Å². The van der Waals surface area contributed by atoms with Gasteiger partial charge in [-0.05, 0) is 210 Å². The van der Waals surface area contributed by atoms with Gasteiger partial charge in [-0.25, -0.2) is 38.9 Å². The third kappa shape index (κ3) is 36.7. The summed E-state index contributed by atoms with van der Waals surface area (Å²) in [6.45, 7) is 33.0. The number of ether oxygens (including phenoxy) is 16. The number of benzene rings is 6. The fraction of sp³-hybridized carbons (Fsp3) is 0.392. The number of carbonyl (C=O) groups excluding carboxylic acids is 14. The molecule has 32 nitrogen and oxygen atoms in total. The molecule has 2 aliphatic carbocycles. The van der Waals surface area contributed by atoms with Crippen molar-refractivity contribution in [3.05, 3.63) is 227 Å². The number of carbonyl (C=O) groups is 14. The standard InChI is InChI=1S/C67H74N2O20S2.C35H36O10/c1-9-52(70)82-37-66(4,5)39-84-56(74)29-27-54(72)80-33-31-42-11-23-48(24-12-42)86-61(76)44-15-19-46(20-16-44)63(78)88-51-35-41(3)58(60-59(51)90-65(91-60)50(36-68)69-8)89-64(79)47-21-17-45(18-22-47)62(77)87-49-25-13-43(14-26-49)32-34-81-55(73)28-30-57(75)85-40-67(6,7)38-83-53(71)10-2;1-4-32(36)42-22-8-6-20-40-28-14-10-26(11-15-28)34(38)44-30-18-19-31(25(3)24-30)45-35(39)27-12-16-29(17-13-27)41-21-7-9-23-43-33(37)5-2/h9-14,23-26,35,44-47H,1-2,15-22,27-34,37-40H2,3-7H3;4-5,10-19,24H,1-2,6-9,20-23H2,3H3/b65-50+;. The molecule has 0 atom stereocenters. The summed E-state index contributed by atoms with van der Waals surface area (Å²) >= 11 is 2.14. The largest absolute Gasteiger partial charge is 0.494 e. The number of nitriles is 1. The topological polar surface area (TPSA) is 415 Å². The first-order valence-corrected chi connectivity index (χ1v) is 45.7. The molecule has 0 radical (unpaired) electrons. The average Bonchev–Trinajstić information content (AvgIpc) is 1.60. The molecular formula is C102H110N2O30S2. The van der Waals surface area contributed by atoms with E-state index in [1.165, 1.54) is 0 Å². The van der Waals surface area contributed by atoms with Gasteiger partial charge in [-0.15, -0.1) is 0 Å². The van der Waals surface area contributed by atoms with E-state index in [9.17, 15) is 72.4 Å². The van der Waals surface area contributed by atoms with Gasteiger partial charge in [0, 0.05) is 48.0 Å². The molecule has 1 heterocycles. The fourth-order valence-electron chi connectivity index (χ4n) is 13.2. The van der Waals surface area contributed by atoms with Crippen LogP contribution >= 0.6 is 23.5 Å². The van der Waals surface area contributed by atoms with Crippen molar-refractivity contribution in [3.63, 3.8) is 0 Å². The SMILES string of the molecule is C=CC(=O)OCCCCOc1ccc(C(=O)Oc2ccc(OC(=O)c3ccc(OCCCCOC(=O)C=C)cc3)c(C)c2)cc1.[C-]#[N+]/C(C#N)=C1\Sc2c(OC(=O)C3CCC(C(=O)Oc4ccc(CCOC(=O)CCC(=O)OCC(C)(C)COC(=O)C=C)cc4)CC3)cc(C)c(OC(=O)C3CCC(C(=O)Oc4ccc(CCOC(=O)CCC(=O)OCC(C)(C)COC(=O)C=C)cc4)CC3)c2S1. The quantitative estimate of drug-likeness (QED) is 0.00651. The average molecular weight is 1910 g/mol. The Morgan fingerprint density at radius 2 is 0.743 bits per heavy atom. The van der Waals surface area contributed by atoms with Crippen molar-refractivity contribution in [1.82, 2.24) is 0 Å². The van der Waals surface area contributed by atoms with Gasteiger partial charge in [0.25, 0.3) is 5.70 Å². The Morgan fingerprint density at radius 3 is 1.14 bits per heavy atom. The lowest BCUT2D eigenvalue weighted by Crippen LogP contribution is -2.31. The molecule has 0 aromatic heterocycles. The van der Waals surface area contributed by atoms with Crippen LogP contribution < -0.4 is 37.9 Å². The highest BCUT2D eigenvalue weighted by Crippen LogP contribution is 2.60. The van der Waals surface area contributed by atoms with Crippen molar-refractivity contribution in [2.45, 2.75) is 167 Å². The van der Waals surface area contributed by atoms with Crippen LogP contribution in [0, 0.1) is 66.3 Å². The zero-order valence-corrected chi connectivity index (χ0v) is 78.4. The minimum absolute atomic E-state index is 0.0137. The Morgan fingerprint density at radius 1 is 0.390 bits per heavy atom. The van der Waals surface area contributed by atoms with E-state index in [-0.39, 0.29) is 82.5 Å². The molecule has 1 aliphatic heterocycles. The minimum Gasteiger partial charge on any atom is -0.494 e. The molecule has 0 amide bonds. The molecule has 720 valence electrons. The van der Waals surface area contributed by atoms with Crippen LogP contribution in [0.15, 0.2) is 192 Å². The molecular weight excluding hydrogens is 1800 g/mol. The number of rotatable bonds is 48. The summed E-state index contributed by atoms with van der Waals surface area (Å²) in [5.74, 6) is -6.64. The Bertz CT molecular complexity index is 5380. The molecule has 0 bridgehead atoms. The first kappa shape index (κ1) is 107. The first-order chi connectivity index (χ1) is 65.2. The number of nitrogens with zero attached hydrogens (tertiary/aromatic N) is 2.